The average Bonchev–Trinajstić information content (AvgIpc) is 3.30. The number of nitrogens with one attached hydrogen (secondary N) is 1. The van der Waals surface area contributed by atoms with E-state index in [1.54, 1.807) is 48.7 Å². The lowest BCUT2D eigenvalue weighted by atomic mass is 10.1. The van der Waals surface area contributed by atoms with Crippen molar-refractivity contribution in [3.63, 3.8) is 0 Å². The number of methoxy groups -OCH3 is 1. The van der Waals surface area contributed by atoms with Gasteiger partial charge in [0.05, 0.1) is 31.1 Å². The number of carbonyl (C=O) groups excluding carboxylic acids is 2. The molecule has 2 aromatic carbocycles. The van der Waals surface area contributed by atoms with E-state index in [0.717, 1.165) is 16.6 Å². The van der Waals surface area contributed by atoms with Gasteiger partial charge in [-0.25, -0.2) is 4.98 Å². The number of nitrogens with zero attached hydrogens (tertiary/aromatic N) is 4. The first kappa shape index (κ1) is 19.7. The third-order valence-corrected chi connectivity index (χ3v) is 5.48. The second-order valence-corrected chi connectivity index (χ2v) is 7.56. The summed E-state index contributed by atoms with van der Waals surface area (Å²) in [6.45, 7) is 0.337. The second-order valence-electron chi connectivity index (χ2n) is 7.56. The van der Waals surface area contributed by atoms with Gasteiger partial charge in [-0.3, -0.25) is 24.0 Å². The van der Waals surface area contributed by atoms with Crippen molar-refractivity contribution in [3.8, 4) is 5.75 Å². The van der Waals surface area contributed by atoms with E-state index in [-0.39, 0.29) is 18.2 Å². The van der Waals surface area contributed by atoms with Gasteiger partial charge in [0.1, 0.15) is 11.8 Å². The fraction of sp³-hybridized carbons (Fsp3) is 0.167. The number of para-hydroxylation sites is 2. The Labute approximate surface area is 184 Å². The summed E-state index contributed by atoms with van der Waals surface area (Å²) < 4.78 is 7.07. The number of hydrogen-bond acceptors (Lipinski definition) is 5. The predicted molar refractivity (Wildman–Crippen MR) is 120 cm³/mol. The molecule has 1 aliphatic heterocycles. The molecular weight excluding hydrogens is 406 g/mol. The molecular formula is C24H21N5O3. The number of anilines is 2. The summed E-state index contributed by atoms with van der Waals surface area (Å²) in [5.74, 6) is 0.760. The van der Waals surface area contributed by atoms with Crippen LogP contribution in [0, 0.1) is 0 Å². The van der Waals surface area contributed by atoms with E-state index in [9.17, 15) is 9.59 Å². The van der Waals surface area contributed by atoms with Crippen LogP contribution in [0.15, 0.2) is 73.1 Å². The van der Waals surface area contributed by atoms with E-state index in [0.29, 0.717) is 23.9 Å². The molecule has 8 nitrogen and oxygen atoms in total. The largest absolute Gasteiger partial charge is 0.497 e. The van der Waals surface area contributed by atoms with Crippen LogP contribution in [-0.2, 0) is 16.1 Å². The van der Waals surface area contributed by atoms with E-state index in [1.165, 1.54) is 0 Å². The molecule has 1 aliphatic rings. The van der Waals surface area contributed by atoms with Crippen molar-refractivity contribution in [2.24, 2.45) is 0 Å². The lowest BCUT2D eigenvalue weighted by molar-refractivity contribution is -0.124. The van der Waals surface area contributed by atoms with Crippen LogP contribution < -0.4 is 15.0 Å². The summed E-state index contributed by atoms with van der Waals surface area (Å²) in [6, 6.07) is 17.8. The normalized spacial score (nSPS) is 15.1. The van der Waals surface area contributed by atoms with Crippen molar-refractivity contribution >= 4 is 34.5 Å². The summed E-state index contributed by atoms with van der Waals surface area (Å²) in [5.41, 5.74) is 3.11. The maximum Gasteiger partial charge on any atom is 0.253 e. The Bertz CT molecular complexity index is 1300. The van der Waals surface area contributed by atoms with Crippen LogP contribution in [-0.4, -0.2) is 33.5 Å². The first-order valence-electron chi connectivity index (χ1n) is 10.2. The van der Waals surface area contributed by atoms with Crippen LogP contribution in [0.4, 0.5) is 11.6 Å². The summed E-state index contributed by atoms with van der Waals surface area (Å²) >= 11 is 0. The Morgan fingerprint density at radius 2 is 2.00 bits per heavy atom. The standard InChI is InChI=1S/C24H21N5O3/c1-32-18-8-4-7-17(12-18)26-22(30)13-21-23(31)28(15-16-6-5-11-25-14-16)24-27-19-9-2-3-10-20(19)29(21)24/h2-12,14,21H,13,15H2,1H3,(H,26,30)/t21-/m1/s1. The highest BCUT2D eigenvalue weighted by Gasteiger charge is 2.40. The minimum absolute atomic E-state index is 0.00701. The summed E-state index contributed by atoms with van der Waals surface area (Å²) in [4.78, 5) is 36.7. The second kappa shape index (κ2) is 8.14. The highest BCUT2D eigenvalue weighted by atomic mass is 16.5. The molecule has 0 saturated carbocycles. The number of benzene rings is 2. The van der Waals surface area contributed by atoms with Crippen LogP contribution in [0.5, 0.6) is 5.75 Å². The fourth-order valence-corrected chi connectivity index (χ4v) is 4.01. The van der Waals surface area contributed by atoms with Crippen LogP contribution in [0.1, 0.15) is 18.0 Å². The highest BCUT2D eigenvalue weighted by molar-refractivity contribution is 6.05. The van der Waals surface area contributed by atoms with Crippen molar-refractivity contribution < 1.29 is 14.3 Å². The zero-order valence-corrected chi connectivity index (χ0v) is 17.4. The molecule has 4 aromatic rings. The number of rotatable bonds is 6. The molecule has 1 N–H and O–H groups in total. The van der Waals surface area contributed by atoms with Gasteiger partial charge in [0.2, 0.25) is 11.9 Å². The van der Waals surface area contributed by atoms with Gasteiger partial charge in [0.15, 0.2) is 0 Å². The quantitative estimate of drug-likeness (QED) is 0.508. The highest BCUT2D eigenvalue weighted by Crippen LogP contribution is 2.37. The number of pyridine rings is 1. The monoisotopic (exact) mass is 427 g/mol. The number of fused-ring (bicyclic) bond motifs is 3. The lowest BCUT2D eigenvalue weighted by Crippen LogP contribution is -2.31. The topological polar surface area (TPSA) is 89.3 Å². The molecule has 0 spiro atoms. The number of imidazole rings is 1. The van der Waals surface area contributed by atoms with Gasteiger partial charge in [0, 0.05) is 24.1 Å². The number of carbonyl (C=O) groups is 2. The van der Waals surface area contributed by atoms with Crippen molar-refractivity contribution in [1.29, 1.82) is 0 Å². The zero-order chi connectivity index (χ0) is 22.1. The Balaban J connectivity index is 1.45. The summed E-state index contributed by atoms with van der Waals surface area (Å²) in [5, 5.41) is 2.87. The third-order valence-electron chi connectivity index (χ3n) is 5.48. The zero-order valence-electron chi connectivity index (χ0n) is 17.4. The number of ether oxygens (including phenoxy) is 1. The SMILES string of the molecule is COc1cccc(NC(=O)C[C@@H]2C(=O)N(Cc3cccnc3)c3nc4ccccc4n32)c1. The molecule has 0 bridgehead atoms. The molecule has 5 rings (SSSR count). The molecule has 2 aromatic heterocycles. The molecule has 3 heterocycles. The van der Waals surface area contributed by atoms with Crippen LogP contribution >= 0.6 is 0 Å². The van der Waals surface area contributed by atoms with Gasteiger partial charge in [-0.05, 0) is 35.9 Å². The van der Waals surface area contributed by atoms with Gasteiger partial charge >= 0.3 is 0 Å². The van der Waals surface area contributed by atoms with E-state index in [4.69, 9.17) is 4.74 Å². The van der Waals surface area contributed by atoms with E-state index in [1.807, 2.05) is 41.0 Å². The molecule has 0 radical (unpaired) electrons. The molecule has 2 amide bonds. The number of amides is 2. The molecule has 0 aliphatic carbocycles. The van der Waals surface area contributed by atoms with E-state index < -0.39 is 6.04 Å². The first-order chi connectivity index (χ1) is 15.6. The van der Waals surface area contributed by atoms with Gasteiger partial charge in [-0.2, -0.15) is 0 Å². The molecule has 8 heteroatoms. The molecule has 1 atom stereocenters. The Kier molecular flexibility index (Phi) is 5.03. The van der Waals surface area contributed by atoms with Crippen molar-refractivity contribution in [3.05, 3.63) is 78.6 Å². The maximum absolute atomic E-state index is 13.4. The Morgan fingerprint density at radius 3 is 2.81 bits per heavy atom. The fourth-order valence-electron chi connectivity index (χ4n) is 4.01. The van der Waals surface area contributed by atoms with Gasteiger partial charge in [-0.15, -0.1) is 0 Å². The minimum atomic E-state index is -0.681. The third kappa shape index (κ3) is 3.56. The minimum Gasteiger partial charge on any atom is -0.497 e. The lowest BCUT2D eigenvalue weighted by Gasteiger charge is -2.16. The van der Waals surface area contributed by atoms with Gasteiger partial charge in [-0.1, -0.05) is 24.3 Å². The Morgan fingerprint density at radius 1 is 1.12 bits per heavy atom. The summed E-state index contributed by atoms with van der Waals surface area (Å²) in [7, 11) is 1.57. The van der Waals surface area contributed by atoms with Crippen molar-refractivity contribution in [2.45, 2.75) is 19.0 Å². The van der Waals surface area contributed by atoms with Crippen molar-refractivity contribution in [2.75, 3.05) is 17.3 Å². The molecule has 32 heavy (non-hydrogen) atoms. The van der Waals surface area contributed by atoms with Gasteiger partial charge in [0.25, 0.3) is 5.91 Å². The molecule has 0 unspecified atom stereocenters. The van der Waals surface area contributed by atoms with E-state index in [2.05, 4.69) is 15.3 Å². The van der Waals surface area contributed by atoms with Gasteiger partial charge < -0.3 is 10.1 Å². The van der Waals surface area contributed by atoms with Crippen molar-refractivity contribution in [1.82, 2.24) is 14.5 Å². The van der Waals surface area contributed by atoms with E-state index >= 15 is 0 Å². The van der Waals surface area contributed by atoms with Crippen LogP contribution in [0.25, 0.3) is 11.0 Å². The number of hydrogen-bond donors (Lipinski definition) is 1. The van der Waals surface area contributed by atoms with Crippen LogP contribution in [0.3, 0.4) is 0 Å². The van der Waals surface area contributed by atoms with Crippen LogP contribution in [0.2, 0.25) is 0 Å². The first-order valence-corrected chi connectivity index (χ1v) is 10.2. The predicted octanol–water partition coefficient (Wildman–Crippen LogP) is 3.56. The summed E-state index contributed by atoms with van der Waals surface area (Å²) in [6.07, 6.45) is 3.41. The smallest absolute Gasteiger partial charge is 0.253 e. The average molecular weight is 427 g/mol. The molecule has 160 valence electrons. The molecule has 0 saturated heterocycles. The maximum atomic E-state index is 13.4. The Hall–Kier alpha value is -4.20. The molecule has 0 fully saturated rings. The number of aromatic nitrogens is 3.